The number of methoxy groups -OCH3 is 1. The summed E-state index contributed by atoms with van der Waals surface area (Å²) in [6, 6.07) is 15.3. The Kier molecular flexibility index (Phi) is 6.65. The fourth-order valence-corrected chi connectivity index (χ4v) is 3.06. The third-order valence-electron chi connectivity index (χ3n) is 5.04. The number of amides is 1. The number of nitrogens with zero attached hydrogens (tertiary/aromatic N) is 3. The van der Waals surface area contributed by atoms with Gasteiger partial charge in [0.2, 0.25) is 11.7 Å². The third kappa shape index (κ3) is 5.02. The second-order valence-corrected chi connectivity index (χ2v) is 7.12. The predicted molar refractivity (Wildman–Crippen MR) is 112 cm³/mol. The van der Waals surface area contributed by atoms with Crippen molar-refractivity contribution < 1.29 is 14.1 Å². The molecule has 0 N–H and O–H groups in total. The number of hydrogen-bond donors (Lipinski definition) is 0. The Morgan fingerprint density at radius 1 is 1.21 bits per heavy atom. The molecule has 3 rings (SSSR count). The van der Waals surface area contributed by atoms with Gasteiger partial charge in [-0.15, -0.1) is 0 Å². The summed E-state index contributed by atoms with van der Waals surface area (Å²) in [6.07, 6.45) is 1.37. The largest absolute Gasteiger partial charge is 0.497 e. The predicted octanol–water partition coefficient (Wildman–Crippen LogP) is 4.54. The van der Waals surface area contributed by atoms with Gasteiger partial charge in [-0.25, -0.2) is 0 Å². The lowest BCUT2D eigenvalue weighted by atomic mass is 10.1. The number of carbonyl (C=O) groups excluding carboxylic acids is 1. The summed E-state index contributed by atoms with van der Waals surface area (Å²) in [4.78, 5) is 19.4. The summed E-state index contributed by atoms with van der Waals surface area (Å²) in [5.74, 6) is 1.78. The van der Waals surface area contributed by atoms with Gasteiger partial charge in [0, 0.05) is 30.1 Å². The second kappa shape index (κ2) is 9.37. The van der Waals surface area contributed by atoms with Crippen LogP contribution in [0.4, 0.5) is 0 Å². The minimum Gasteiger partial charge on any atom is -0.497 e. The lowest BCUT2D eigenvalue weighted by Crippen LogP contribution is -2.39. The van der Waals surface area contributed by atoms with Crippen LogP contribution in [0.15, 0.2) is 53.1 Å². The average molecular weight is 393 g/mol. The molecular formula is C23H27N3O3. The quantitative estimate of drug-likeness (QED) is 0.562. The van der Waals surface area contributed by atoms with E-state index in [0.717, 1.165) is 23.3 Å². The molecule has 0 aliphatic rings. The molecule has 6 nitrogen and oxygen atoms in total. The standard InChI is InChI=1S/C23H27N3O3/c1-5-17(3)26(23(27)18-11-9-16(2)10-12-18)14-13-21-24-22(25-29-21)19-7-6-8-20(15-19)28-4/h6-12,15,17H,5,13-14H2,1-4H3/t17-/m1/s1. The van der Waals surface area contributed by atoms with E-state index in [1.807, 2.05) is 60.4 Å². The van der Waals surface area contributed by atoms with Crippen molar-refractivity contribution in [1.82, 2.24) is 15.0 Å². The number of aromatic nitrogens is 2. The van der Waals surface area contributed by atoms with Crippen LogP contribution in [-0.4, -0.2) is 40.6 Å². The normalized spacial score (nSPS) is 11.9. The summed E-state index contributed by atoms with van der Waals surface area (Å²) in [6.45, 7) is 6.66. The van der Waals surface area contributed by atoms with Crippen molar-refractivity contribution in [2.75, 3.05) is 13.7 Å². The van der Waals surface area contributed by atoms with Crippen LogP contribution in [0.25, 0.3) is 11.4 Å². The van der Waals surface area contributed by atoms with Gasteiger partial charge in [0.25, 0.3) is 5.91 Å². The van der Waals surface area contributed by atoms with Crippen molar-refractivity contribution in [3.63, 3.8) is 0 Å². The molecule has 0 radical (unpaired) electrons. The molecule has 1 heterocycles. The highest BCUT2D eigenvalue weighted by atomic mass is 16.5. The Balaban J connectivity index is 1.72. The van der Waals surface area contributed by atoms with Gasteiger partial charge in [0.15, 0.2) is 0 Å². The van der Waals surface area contributed by atoms with Gasteiger partial charge >= 0.3 is 0 Å². The summed E-state index contributed by atoms with van der Waals surface area (Å²) < 4.78 is 10.7. The Labute approximate surface area is 171 Å². The molecule has 0 spiro atoms. The van der Waals surface area contributed by atoms with E-state index < -0.39 is 0 Å². The smallest absolute Gasteiger partial charge is 0.254 e. The lowest BCUT2D eigenvalue weighted by Gasteiger charge is -2.28. The Morgan fingerprint density at radius 2 is 1.97 bits per heavy atom. The fourth-order valence-electron chi connectivity index (χ4n) is 3.06. The second-order valence-electron chi connectivity index (χ2n) is 7.12. The first kappa shape index (κ1) is 20.6. The molecule has 6 heteroatoms. The zero-order valence-corrected chi connectivity index (χ0v) is 17.4. The first-order valence-corrected chi connectivity index (χ1v) is 9.86. The SMILES string of the molecule is CC[C@@H](C)N(CCc1nc(-c2cccc(OC)c2)no1)C(=O)c1ccc(C)cc1. The topological polar surface area (TPSA) is 68.5 Å². The van der Waals surface area contributed by atoms with Crippen LogP contribution in [0.3, 0.4) is 0 Å². The highest BCUT2D eigenvalue weighted by Gasteiger charge is 2.21. The number of ether oxygens (including phenoxy) is 1. The minimum absolute atomic E-state index is 0.0203. The Bertz CT molecular complexity index is 950. The fraction of sp³-hybridized carbons (Fsp3) is 0.348. The maximum atomic E-state index is 13.0. The van der Waals surface area contributed by atoms with Crippen molar-refractivity contribution in [1.29, 1.82) is 0 Å². The van der Waals surface area contributed by atoms with Crippen molar-refractivity contribution in [3.8, 4) is 17.1 Å². The van der Waals surface area contributed by atoms with Crippen molar-refractivity contribution in [2.45, 2.75) is 39.7 Å². The van der Waals surface area contributed by atoms with Crippen LogP contribution in [0.2, 0.25) is 0 Å². The molecule has 29 heavy (non-hydrogen) atoms. The molecule has 1 aromatic heterocycles. The molecule has 0 aliphatic heterocycles. The van der Waals surface area contributed by atoms with Crippen LogP contribution >= 0.6 is 0 Å². The zero-order valence-electron chi connectivity index (χ0n) is 17.4. The van der Waals surface area contributed by atoms with E-state index in [1.54, 1.807) is 7.11 Å². The lowest BCUT2D eigenvalue weighted by molar-refractivity contribution is 0.0686. The molecule has 1 atom stereocenters. The number of carbonyl (C=O) groups is 1. The van der Waals surface area contributed by atoms with Crippen molar-refractivity contribution in [3.05, 3.63) is 65.5 Å². The van der Waals surface area contributed by atoms with E-state index >= 15 is 0 Å². The first-order valence-electron chi connectivity index (χ1n) is 9.86. The molecule has 0 aliphatic carbocycles. The molecule has 0 bridgehead atoms. The average Bonchev–Trinajstić information content (AvgIpc) is 3.23. The van der Waals surface area contributed by atoms with Crippen LogP contribution in [-0.2, 0) is 6.42 Å². The monoisotopic (exact) mass is 393 g/mol. The molecule has 3 aromatic rings. The molecule has 0 unspecified atom stereocenters. The maximum Gasteiger partial charge on any atom is 0.254 e. The van der Waals surface area contributed by atoms with E-state index in [4.69, 9.17) is 9.26 Å². The maximum absolute atomic E-state index is 13.0. The van der Waals surface area contributed by atoms with Gasteiger partial charge < -0.3 is 14.2 Å². The summed E-state index contributed by atoms with van der Waals surface area (Å²) in [5, 5.41) is 4.07. The molecule has 0 saturated carbocycles. The summed E-state index contributed by atoms with van der Waals surface area (Å²) in [7, 11) is 1.62. The summed E-state index contributed by atoms with van der Waals surface area (Å²) >= 11 is 0. The van der Waals surface area contributed by atoms with Crippen LogP contribution in [0, 0.1) is 6.92 Å². The number of hydrogen-bond acceptors (Lipinski definition) is 5. The van der Waals surface area contributed by atoms with Crippen molar-refractivity contribution >= 4 is 5.91 Å². The third-order valence-corrected chi connectivity index (χ3v) is 5.04. The minimum atomic E-state index is 0.0203. The van der Waals surface area contributed by atoms with Gasteiger partial charge in [0.1, 0.15) is 5.75 Å². The molecule has 152 valence electrons. The van der Waals surface area contributed by atoms with Crippen LogP contribution in [0.5, 0.6) is 5.75 Å². The molecule has 2 aromatic carbocycles. The molecular weight excluding hydrogens is 366 g/mol. The zero-order chi connectivity index (χ0) is 20.8. The van der Waals surface area contributed by atoms with E-state index in [2.05, 4.69) is 24.0 Å². The number of rotatable bonds is 8. The Hall–Kier alpha value is -3.15. The van der Waals surface area contributed by atoms with E-state index in [-0.39, 0.29) is 11.9 Å². The van der Waals surface area contributed by atoms with Gasteiger partial charge in [-0.05, 0) is 44.5 Å². The van der Waals surface area contributed by atoms with Gasteiger partial charge in [-0.1, -0.05) is 41.9 Å². The molecule has 1 amide bonds. The van der Waals surface area contributed by atoms with Crippen LogP contribution in [0.1, 0.15) is 42.1 Å². The molecule has 0 saturated heterocycles. The summed E-state index contributed by atoms with van der Waals surface area (Å²) in [5.41, 5.74) is 2.65. The van der Waals surface area contributed by atoms with E-state index in [9.17, 15) is 4.79 Å². The van der Waals surface area contributed by atoms with Gasteiger partial charge in [0.05, 0.1) is 7.11 Å². The first-order chi connectivity index (χ1) is 14.0. The van der Waals surface area contributed by atoms with E-state index in [0.29, 0.717) is 30.2 Å². The Morgan fingerprint density at radius 3 is 2.66 bits per heavy atom. The van der Waals surface area contributed by atoms with Gasteiger partial charge in [-0.2, -0.15) is 4.98 Å². The van der Waals surface area contributed by atoms with Gasteiger partial charge in [-0.3, -0.25) is 4.79 Å². The number of benzene rings is 2. The highest BCUT2D eigenvalue weighted by molar-refractivity contribution is 5.94. The van der Waals surface area contributed by atoms with E-state index in [1.165, 1.54) is 0 Å². The van der Waals surface area contributed by atoms with Crippen LogP contribution < -0.4 is 4.74 Å². The number of aryl methyl sites for hydroxylation is 1. The molecule has 0 fully saturated rings. The highest BCUT2D eigenvalue weighted by Crippen LogP contribution is 2.21. The van der Waals surface area contributed by atoms with Crippen molar-refractivity contribution in [2.24, 2.45) is 0 Å².